The SMILES string of the molecule is COc1cc(N2CCN(C(C)(C)C)CC2)c(C)cc1Nc1ncc(C(F)(F)F)c(NC2CCCC2)n1. The van der Waals surface area contributed by atoms with Crippen molar-refractivity contribution in [2.75, 3.05) is 48.8 Å². The lowest BCUT2D eigenvalue weighted by atomic mass is 10.0. The summed E-state index contributed by atoms with van der Waals surface area (Å²) in [7, 11) is 1.58. The molecule has 36 heavy (non-hydrogen) atoms. The number of hydrogen-bond acceptors (Lipinski definition) is 7. The molecule has 0 atom stereocenters. The number of rotatable bonds is 6. The van der Waals surface area contributed by atoms with Crippen molar-refractivity contribution in [2.24, 2.45) is 0 Å². The zero-order chi connectivity index (χ0) is 26.1. The van der Waals surface area contributed by atoms with Crippen molar-refractivity contribution >= 4 is 23.1 Å². The van der Waals surface area contributed by atoms with E-state index in [-0.39, 0.29) is 23.3 Å². The molecule has 1 saturated carbocycles. The minimum atomic E-state index is -4.54. The fourth-order valence-electron chi connectivity index (χ4n) is 5.05. The number of anilines is 4. The molecule has 1 aliphatic carbocycles. The van der Waals surface area contributed by atoms with Crippen molar-refractivity contribution < 1.29 is 17.9 Å². The van der Waals surface area contributed by atoms with Gasteiger partial charge in [0.15, 0.2) is 0 Å². The summed E-state index contributed by atoms with van der Waals surface area (Å²) in [6, 6.07) is 3.91. The second-order valence-electron chi connectivity index (χ2n) is 10.7. The Hall–Kier alpha value is -2.75. The lowest BCUT2D eigenvalue weighted by molar-refractivity contribution is -0.137. The molecule has 4 rings (SSSR count). The van der Waals surface area contributed by atoms with Crippen LogP contribution < -0.4 is 20.3 Å². The molecule has 198 valence electrons. The summed E-state index contributed by atoms with van der Waals surface area (Å²) in [5, 5.41) is 6.08. The van der Waals surface area contributed by atoms with Crippen molar-refractivity contribution in [3.05, 3.63) is 29.5 Å². The molecular weight excluding hydrogens is 469 g/mol. The highest BCUT2D eigenvalue weighted by Crippen LogP contribution is 2.38. The molecule has 10 heteroatoms. The Morgan fingerprint density at radius 2 is 1.69 bits per heavy atom. The second kappa shape index (κ2) is 10.3. The van der Waals surface area contributed by atoms with E-state index in [2.05, 4.69) is 51.2 Å². The quantitative estimate of drug-likeness (QED) is 0.511. The smallest absolute Gasteiger partial charge is 0.421 e. The van der Waals surface area contributed by atoms with E-state index >= 15 is 0 Å². The van der Waals surface area contributed by atoms with Crippen LogP contribution >= 0.6 is 0 Å². The number of methoxy groups -OCH3 is 1. The molecule has 2 aliphatic rings. The molecule has 0 radical (unpaired) electrons. The molecule has 0 bridgehead atoms. The Bertz CT molecular complexity index is 1050. The number of benzene rings is 1. The summed E-state index contributed by atoms with van der Waals surface area (Å²) >= 11 is 0. The van der Waals surface area contributed by atoms with Crippen LogP contribution in [0, 0.1) is 6.92 Å². The Kier molecular flexibility index (Phi) is 7.54. The predicted octanol–water partition coefficient (Wildman–Crippen LogP) is 5.83. The maximum Gasteiger partial charge on any atom is 0.421 e. The van der Waals surface area contributed by atoms with Crippen LogP contribution in [0.25, 0.3) is 0 Å². The third kappa shape index (κ3) is 5.96. The van der Waals surface area contributed by atoms with Gasteiger partial charge in [-0.3, -0.25) is 4.90 Å². The van der Waals surface area contributed by atoms with Crippen LogP contribution in [0.15, 0.2) is 18.3 Å². The third-order valence-electron chi connectivity index (χ3n) is 7.12. The van der Waals surface area contributed by atoms with Crippen molar-refractivity contribution in [3.8, 4) is 5.75 Å². The summed E-state index contributed by atoms with van der Waals surface area (Å²) < 4.78 is 46.4. The van der Waals surface area contributed by atoms with E-state index in [1.54, 1.807) is 7.11 Å². The molecule has 2 heterocycles. The number of nitrogens with zero attached hydrogens (tertiary/aromatic N) is 4. The lowest BCUT2D eigenvalue weighted by Crippen LogP contribution is -2.53. The highest BCUT2D eigenvalue weighted by molar-refractivity contribution is 5.71. The van der Waals surface area contributed by atoms with Gasteiger partial charge in [-0.1, -0.05) is 12.8 Å². The molecule has 1 aliphatic heterocycles. The van der Waals surface area contributed by atoms with Crippen molar-refractivity contribution in [2.45, 2.75) is 71.1 Å². The van der Waals surface area contributed by atoms with Crippen molar-refractivity contribution in [3.63, 3.8) is 0 Å². The zero-order valence-corrected chi connectivity index (χ0v) is 21.8. The average Bonchev–Trinajstić information content (AvgIpc) is 3.31. The Morgan fingerprint density at radius 3 is 2.28 bits per heavy atom. The van der Waals surface area contributed by atoms with Gasteiger partial charge in [0.05, 0.1) is 12.8 Å². The number of ether oxygens (including phenoxy) is 1. The molecule has 1 aromatic carbocycles. The maximum absolute atomic E-state index is 13.6. The summed E-state index contributed by atoms with van der Waals surface area (Å²) in [6.07, 6.45) is -0.0148. The average molecular weight is 507 g/mol. The van der Waals surface area contributed by atoms with Gasteiger partial charge in [0.1, 0.15) is 17.1 Å². The minimum absolute atomic E-state index is 0.0105. The molecular formula is C26H37F3N6O. The van der Waals surface area contributed by atoms with E-state index in [4.69, 9.17) is 4.74 Å². The van der Waals surface area contributed by atoms with Crippen molar-refractivity contribution in [1.29, 1.82) is 0 Å². The highest BCUT2D eigenvalue weighted by Gasteiger charge is 2.36. The Balaban J connectivity index is 1.56. The molecule has 2 fully saturated rings. The third-order valence-corrected chi connectivity index (χ3v) is 7.12. The topological polar surface area (TPSA) is 65.6 Å². The largest absolute Gasteiger partial charge is 0.494 e. The number of alkyl halides is 3. The Labute approximate surface area is 211 Å². The number of aromatic nitrogens is 2. The molecule has 0 spiro atoms. The van der Waals surface area contributed by atoms with Gasteiger partial charge in [-0.05, 0) is 52.2 Å². The van der Waals surface area contributed by atoms with Gasteiger partial charge in [-0.15, -0.1) is 0 Å². The van der Waals surface area contributed by atoms with E-state index in [9.17, 15) is 13.2 Å². The van der Waals surface area contributed by atoms with E-state index in [0.29, 0.717) is 11.4 Å². The van der Waals surface area contributed by atoms with E-state index in [0.717, 1.165) is 69.3 Å². The Morgan fingerprint density at radius 1 is 1.03 bits per heavy atom. The maximum atomic E-state index is 13.6. The van der Waals surface area contributed by atoms with E-state index in [1.165, 1.54) is 0 Å². The molecule has 2 aromatic rings. The monoisotopic (exact) mass is 506 g/mol. The van der Waals surface area contributed by atoms with Crippen LogP contribution in [0.3, 0.4) is 0 Å². The van der Waals surface area contributed by atoms with Crippen molar-refractivity contribution in [1.82, 2.24) is 14.9 Å². The van der Waals surface area contributed by atoms with Gasteiger partial charge in [0, 0.05) is 55.7 Å². The van der Waals surface area contributed by atoms with Crippen LogP contribution in [0.2, 0.25) is 0 Å². The van der Waals surface area contributed by atoms with Gasteiger partial charge in [0.25, 0.3) is 0 Å². The molecule has 1 aromatic heterocycles. The summed E-state index contributed by atoms with van der Waals surface area (Å²) in [5.74, 6) is 0.492. The number of nitrogens with one attached hydrogen (secondary N) is 2. The normalized spacial score (nSPS) is 17.9. The number of piperazine rings is 1. The first-order valence-electron chi connectivity index (χ1n) is 12.6. The molecule has 1 saturated heterocycles. The van der Waals surface area contributed by atoms with Gasteiger partial charge in [0.2, 0.25) is 5.95 Å². The first-order valence-corrected chi connectivity index (χ1v) is 12.6. The van der Waals surface area contributed by atoms with Gasteiger partial charge < -0.3 is 20.3 Å². The number of hydrogen-bond donors (Lipinski definition) is 2. The first kappa shape index (κ1) is 26.3. The second-order valence-corrected chi connectivity index (χ2v) is 10.7. The number of halogens is 3. The van der Waals surface area contributed by atoms with Gasteiger partial charge in [-0.2, -0.15) is 18.2 Å². The summed E-state index contributed by atoms with van der Waals surface area (Å²) in [6.45, 7) is 12.5. The van der Waals surface area contributed by atoms with E-state index < -0.39 is 11.7 Å². The van der Waals surface area contributed by atoms with Crippen LogP contribution in [0.4, 0.5) is 36.3 Å². The minimum Gasteiger partial charge on any atom is -0.494 e. The molecule has 0 unspecified atom stereocenters. The fraction of sp³-hybridized carbons (Fsp3) is 0.615. The van der Waals surface area contributed by atoms with Crippen LogP contribution in [-0.4, -0.2) is 59.7 Å². The zero-order valence-electron chi connectivity index (χ0n) is 21.8. The first-order chi connectivity index (χ1) is 17.0. The van der Waals surface area contributed by atoms with Gasteiger partial charge >= 0.3 is 6.18 Å². The predicted molar refractivity (Wildman–Crippen MR) is 137 cm³/mol. The molecule has 7 nitrogen and oxygen atoms in total. The summed E-state index contributed by atoms with van der Waals surface area (Å²) in [5.41, 5.74) is 2.02. The fourth-order valence-corrected chi connectivity index (χ4v) is 5.05. The number of aryl methyl sites for hydroxylation is 1. The van der Waals surface area contributed by atoms with Crippen LogP contribution in [-0.2, 0) is 6.18 Å². The molecule has 2 N–H and O–H groups in total. The molecule has 0 amide bonds. The standard InChI is InChI=1S/C26H37F3N6O/c1-17-14-20(22(36-5)15-21(17)34-10-12-35(13-11-34)25(2,3)4)32-24-30-16-19(26(27,28)29)23(33-24)31-18-8-6-7-9-18/h14-16,18H,6-13H2,1-5H3,(H2,30,31,32,33). The highest BCUT2D eigenvalue weighted by atomic mass is 19.4. The van der Waals surface area contributed by atoms with Crippen LogP contribution in [0.1, 0.15) is 57.6 Å². The van der Waals surface area contributed by atoms with Crippen LogP contribution in [0.5, 0.6) is 5.75 Å². The lowest BCUT2D eigenvalue weighted by Gasteiger charge is -2.43. The summed E-state index contributed by atoms with van der Waals surface area (Å²) in [4.78, 5) is 13.0. The van der Waals surface area contributed by atoms with E-state index in [1.807, 2.05) is 19.1 Å². The van der Waals surface area contributed by atoms with Gasteiger partial charge in [-0.25, -0.2) is 4.98 Å².